The summed E-state index contributed by atoms with van der Waals surface area (Å²) < 4.78 is 28.4. The van der Waals surface area contributed by atoms with Crippen LogP contribution in [0.25, 0.3) is 0 Å². The van der Waals surface area contributed by atoms with Crippen molar-refractivity contribution in [1.82, 2.24) is 0 Å². The van der Waals surface area contributed by atoms with Crippen LogP contribution < -0.4 is 0 Å². The molecular formula is C29H53O5PSi2. The molecule has 1 saturated heterocycles. The summed E-state index contributed by atoms with van der Waals surface area (Å²) in [6.07, 6.45) is 3.67. The first-order valence-corrected chi connectivity index (χ1v) is 21.7. The summed E-state index contributed by atoms with van der Waals surface area (Å²) in [4.78, 5) is 0. The topological polar surface area (TPSA) is 57.2 Å². The van der Waals surface area contributed by atoms with Crippen LogP contribution in [0.15, 0.2) is 11.6 Å². The molecule has 37 heavy (non-hydrogen) atoms. The first kappa shape index (κ1) is 28.9. The Bertz CT molecular complexity index is 982. The van der Waals surface area contributed by atoms with Gasteiger partial charge < -0.3 is 23.0 Å². The van der Waals surface area contributed by atoms with Crippen LogP contribution in [0, 0.1) is 35.0 Å². The standard InChI is InChI=1S/C29H53O5PSi2/c1-17-14-19-21(26(19,6)7)22-23(32-37(12,13)25(3,4)5)18(2)24-28(33-35-31-24)16-27(8,30)15-20(28)29(17,22)34-36(9,10)11/h15,17-19,21-24,30,35H,14,16H2,1-13H3/t17-,18+,19-,21?,22-,23-,24-,27-,28+,29+/m1/s1. The van der Waals surface area contributed by atoms with Gasteiger partial charge in [-0.25, -0.2) is 0 Å². The molecule has 5 rings (SSSR count). The van der Waals surface area contributed by atoms with E-state index in [0.717, 1.165) is 6.42 Å². The maximum atomic E-state index is 11.6. The van der Waals surface area contributed by atoms with E-state index in [1.165, 1.54) is 5.57 Å². The normalized spacial score (nSPS) is 49.6. The predicted molar refractivity (Wildman–Crippen MR) is 157 cm³/mol. The molecule has 3 saturated carbocycles. The van der Waals surface area contributed by atoms with E-state index in [1.807, 2.05) is 6.92 Å². The number of hydrogen-bond donors (Lipinski definition) is 1. The third-order valence-corrected chi connectivity index (χ3v) is 17.5. The molecule has 1 N–H and O–H groups in total. The smallest absolute Gasteiger partial charge is 0.192 e. The lowest BCUT2D eigenvalue weighted by Crippen LogP contribution is -2.62. The summed E-state index contributed by atoms with van der Waals surface area (Å²) in [6.45, 7) is 30.4. The molecule has 4 fully saturated rings. The van der Waals surface area contributed by atoms with Crippen LogP contribution in [-0.4, -0.2) is 50.8 Å². The largest absolute Gasteiger partial charge is 0.413 e. The Morgan fingerprint density at radius 1 is 1.05 bits per heavy atom. The Hall–Kier alpha value is 0.404. The van der Waals surface area contributed by atoms with Gasteiger partial charge in [0.2, 0.25) is 0 Å². The molecule has 0 bridgehead atoms. The summed E-state index contributed by atoms with van der Waals surface area (Å²) in [6, 6.07) is 0. The highest BCUT2D eigenvalue weighted by Gasteiger charge is 2.78. The lowest BCUT2D eigenvalue weighted by atomic mass is 9.62. The highest BCUT2D eigenvalue weighted by Crippen LogP contribution is 2.76. The molecule has 4 aliphatic carbocycles. The molecule has 212 valence electrons. The van der Waals surface area contributed by atoms with Gasteiger partial charge in [0.25, 0.3) is 0 Å². The minimum absolute atomic E-state index is 0.0130. The Morgan fingerprint density at radius 3 is 2.24 bits per heavy atom. The molecule has 2 unspecified atom stereocenters. The summed E-state index contributed by atoms with van der Waals surface area (Å²) in [5, 5.41) is 11.7. The van der Waals surface area contributed by atoms with E-state index in [4.69, 9.17) is 17.9 Å². The van der Waals surface area contributed by atoms with E-state index in [1.54, 1.807) is 0 Å². The van der Waals surface area contributed by atoms with Crippen molar-refractivity contribution in [2.75, 3.05) is 0 Å². The van der Waals surface area contributed by atoms with Gasteiger partial charge in [0, 0.05) is 18.3 Å². The molecule has 8 heteroatoms. The Balaban J connectivity index is 1.80. The molecule has 0 aromatic carbocycles. The van der Waals surface area contributed by atoms with Gasteiger partial charge in [-0.3, -0.25) is 0 Å². The van der Waals surface area contributed by atoms with Crippen LogP contribution in [0.1, 0.15) is 68.2 Å². The van der Waals surface area contributed by atoms with E-state index in [-0.39, 0.29) is 43.5 Å². The fourth-order valence-electron chi connectivity index (χ4n) is 8.66. The molecule has 0 radical (unpaired) electrons. The van der Waals surface area contributed by atoms with Gasteiger partial charge in [0.05, 0.1) is 17.3 Å². The third-order valence-electron chi connectivity index (χ3n) is 11.2. The van der Waals surface area contributed by atoms with Crippen molar-refractivity contribution >= 4 is 25.7 Å². The van der Waals surface area contributed by atoms with Crippen LogP contribution >= 0.6 is 9.03 Å². The van der Waals surface area contributed by atoms with Crippen molar-refractivity contribution in [3.8, 4) is 0 Å². The summed E-state index contributed by atoms with van der Waals surface area (Å²) in [5.74, 6) is 1.81. The lowest BCUT2D eigenvalue weighted by molar-refractivity contribution is -0.104. The van der Waals surface area contributed by atoms with Crippen molar-refractivity contribution in [3.05, 3.63) is 11.6 Å². The summed E-state index contributed by atoms with van der Waals surface area (Å²) in [5.41, 5.74) is -0.724. The maximum absolute atomic E-state index is 11.6. The minimum Gasteiger partial charge on any atom is -0.413 e. The zero-order valence-corrected chi connectivity index (χ0v) is 28.6. The zero-order chi connectivity index (χ0) is 27.8. The van der Waals surface area contributed by atoms with Gasteiger partial charge in [-0.15, -0.1) is 0 Å². The average molecular weight is 569 g/mol. The van der Waals surface area contributed by atoms with Crippen molar-refractivity contribution in [3.63, 3.8) is 0 Å². The molecule has 0 amide bonds. The number of rotatable bonds is 4. The molecule has 5 aliphatic rings. The molecule has 1 heterocycles. The van der Waals surface area contributed by atoms with E-state index < -0.39 is 33.4 Å². The molecule has 1 aliphatic heterocycles. The second-order valence-electron chi connectivity index (χ2n) is 16.5. The van der Waals surface area contributed by atoms with Crippen LogP contribution in [0.5, 0.6) is 0 Å². The zero-order valence-electron chi connectivity index (χ0n) is 25.6. The summed E-state index contributed by atoms with van der Waals surface area (Å²) in [7, 11) is -4.19. The van der Waals surface area contributed by atoms with E-state index >= 15 is 0 Å². The number of fused-ring (bicyclic) bond motifs is 4. The summed E-state index contributed by atoms with van der Waals surface area (Å²) >= 11 is 0. The Kier molecular flexibility index (Phi) is 6.44. The molecule has 5 nitrogen and oxygen atoms in total. The van der Waals surface area contributed by atoms with E-state index in [2.05, 4.69) is 87.3 Å². The molecular weight excluding hydrogens is 515 g/mol. The van der Waals surface area contributed by atoms with E-state index in [9.17, 15) is 5.11 Å². The van der Waals surface area contributed by atoms with Gasteiger partial charge in [0.15, 0.2) is 25.7 Å². The lowest BCUT2D eigenvalue weighted by Gasteiger charge is -2.56. The fraction of sp³-hybridized carbons (Fsp3) is 0.931. The quantitative estimate of drug-likeness (QED) is 0.219. The van der Waals surface area contributed by atoms with Gasteiger partial charge in [-0.2, -0.15) is 0 Å². The first-order valence-electron chi connectivity index (χ1n) is 14.5. The Morgan fingerprint density at radius 2 is 1.68 bits per heavy atom. The molecule has 11 atom stereocenters. The fourth-order valence-corrected chi connectivity index (χ4v) is 12.5. The number of aliphatic hydroxyl groups is 1. The second kappa shape index (κ2) is 8.24. The third kappa shape index (κ3) is 4.11. The molecule has 0 aromatic heterocycles. The van der Waals surface area contributed by atoms with Crippen molar-refractivity contribution in [2.24, 2.45) is 35.0 Å². The van der Waals surface area contributed by atoms with Gasteiger partial charge >= 0.3 is 0 Å². The van der Waals surface area contributed by atoms with Crippen LogP contribution in [-0.2, 0) is 17.9 Å². The van der Waals surface area contributed by atoms with Crippen molar-refractivity contribution in [1.29, 1.82) is 0 Å². The van der Waals surface area contributed by atoms with Crippen molar-refractivity contribution < 1.29 is 23.0 Å². The van der Waals surface area contributed by atoms with Gasteiger partial charge in [-0.05, 0) is 85.9 Å². The van der Waals surface area contributed by atoms with Crippen LogP contribution in [0.2, 0.25) is 37.8 Å². The number of hydrogen-bond acceptors (Lipinski definition) is 5. The monoisotopic (exact) mass is 568 g/mol. The first-order chi connectivity index (χ1) is 16.6. The van der Waals surface area contributed by atoms with Gasteiger partial charge in [-0.1, -0.05) is 48.5 Å². The highest BCUT2D eigenvalue weighted by atomic mass is 31.1. The van der Waals surface area contributed by atoms with Crippen molar-refractivity contribution in [2.45, 2.75) is 135 Å². The predicted octanol–water partition coefficient (Wildman–Crippen LogP) is 7.29. The SMILES string of the molecule is C[C@H]1[C@@H](O[Si](C)(C)C(C)(C)C)[C@H]2C3[C@@H](C[C@@H](C)[C@]2(O[Si](C)(C)C)C2=C[C@@](C)(O)C[C@]24OPO[C@H]14)C3(C)C. The van der Waals surface area contributed by atoms with E-state index in [0.29, 0.717) is 24.2 Å². The van der Waals surface area contributed by atoms with Crippen LogP contribution in [0.3, 0.4) is 0 Å². The second-order valence-corrected chi connectivity index (χ2v) is 26.3. The molecule has 1 spiro atoms. The maximum Gasteiger partial charge on any atom is 0.192 e. The Labute approximate surface area is 230 Å². The highest BCUT2D eigenvalue weighted by molar-refractivity contribution is 7.26. The minimum atomic E-state index is -2.12. The molecule has 0 aromatic rings. The van der Waals surface area contributed by atoms with Gasteiger partial charge in [0.1, 0.15) is 11.7 Å². The van der Waals surface area contributed by atoms with Crippen LogP contribution in [0.4, 0.5) is 0 Å². The average Bonchev–Trinajstić information content (AvgIpc) is 3.00.